The molecule has 0 unspecified atom stereocenters. The van der Waals surface area contributed by atoms with Gasteiger partial charge in [0.1, 0.15) is 5.75 Å². The maximum atomic E-state index is 12.9. The minimum absolute atomic E-state index is 0.143. The molecular weight excluding hydrogens is 368 g/mol. The van der Waals surface area contributed by atoms with Gasteiger partial charge in [-0.1, -0.05) is 30.8 Å². The van der Waals surface area contributed by atoms with E-state index >= 15 is 0 Å². The number of nitrogens with two attached hydrogens (primary N) is 1. The minimum Gasteiger partial charge on any atom is -0.492 e. The van der Waals surface area contributed by atoms with Crippen LogP contribution in [0.15, 0.2) is 60.3 Å². The van der Waals surface area contributed by atoms with Crippen LogP contribution in [0, 0.1) is 0 Å². The normalized spacial score (nSPS) is 13.1. The fourth-order valence-corrected chi connectivity index (χ4v) is 4.24. The molecule has 0 atom stereocenters. The second-order valence-electron chi connectivity index (χ2n) is 5.88. The van der Waals surface area contributed by atoms with E-state index in [4.69, 9.17) is 22.1 Å². The number of carbonyl (C=O) groups excluding carboxylic acids is 1. The van der Waals surface area contributed by atoms with Gasteiger partial charge in [-0.05, 0) is 29.8 Å². The van der Waals surface area contributed by atoms with Gasteiger partial charge in [0, 0.05) is 35.7 Å². The van der Waals surface area contributed by atoms with Gasteiger partial charge in [0.25, 0.3) is 5.91 Å². The van der Waals surface area contributed by atoms with Crippen molar-refractivity contribution < 1.29 is 9.53 Å². The van der Waals surface area contributed by atoms with Crippen molar-refractivity contribution in [3.05, 3.63) is 70.7 Å². The molecule has 0 saturated carbocycles. The zero-order chi connectivity index (χ0) is 18.8. The maximum Gasteiger partial charge on any atom is 0.268 e. The summed E-state index contributed by atoms with van der Waals surface area (Å²) in [4.78, 5) is 16.1. The van der Waals surface area contributed by atoms with Crippen molar-refractivity contribution in [2.24, 2.45) is 0 Å². The van der Waals surface area contributed by atoms with Crippen molar-refractivity contribution in [3.8, 4) is 16.2 Å². The first-order valence-corrected chi connectivity index (χ1v) is 9.22. The monoisotopic (exact) mass is 386 g/mol. The third kappa shape index (κ3) is 3.41. The van der Waals surface area contributed by atoms with Crippen LogP contribution in [0.25, 0.3) is 10.4 Å². The van der Waals surface area contributed by atoms with Crippen molar-refractivity contribution in [2.75, 3.05) is 19.4 Å². The molecule has 134 valence electrons. The molecule has 1 aliphatic rings. The van der Waals surface area contributed by atoms with Crippen LogP contribution in [0.4, 0.5) is 5.69 Å². The fourth-order valence-electron chi connectivity index (χ4n) is 2.84. The zero-order valence-electron chi connectivity index (χ0n) is 14.4. The van der Waals surface area contributed by atoms with E-state index in [9.17, 15) is 4.79 Å². The number of anilines is 1. The molecule has 2 aromatic rings. The van der Waals surface area contributed by atoms with Crippen LogP contribution in [0.1, 0.15) is 15.2 Å². The highest BCUT2D eigenvalue weighted by Gasteiger charge is 2.24. The van der Waals surface area contributed by atoms with Crippen molar-refractivity contribution >= 4 is 34.5 Å². The van der Waals surface area contributed by atoms with Crippen LogP contribution >= 0.6 is 22.9 Å². The number of hydrogen-bond donors (Lipinski definition) is 1. The minimum atomic E-state index is -0.143. The van der Waals surface area contributed by atoms with Crippen molar-refractivity contribution in [3.63, 3.8) is 0 Å². The molecular formula is C20H19ClN2O2S. The number of allylic oxidation sites excluding steroid dienone is 3. The van der Waals surface area contributed by atoms with E-state index in [-0.39, 0.29) is 10.9 Å². The Hall–Kier alpha value is -2.50. The van der Waals surface area contributed by atoms with E-state index in [1.165, 1.54) is 16.2 Å². The predicted octanol–water partition coefficient (Wildman–Crippen LogP) is 4.83. The number of benzene rings is 1. The number of carbonyl (C=O) groups is 1. The molecule has 4 nitrogen and oxygen atoms in total. The molecule has 6 heteroatoms. The van der Waals surface area contributed by atoms with Gasteiger partial charge in [-0.25, -0.2) is 0 Å². The van der Waals surface area contributed by atoms with Crippen molar-refractivity contribution in [1.29, 1.82) is 0 Å². The Labute approximate surface area is 161 Å². The van der Waals surface area contributed by atoms with Crippen LogP contribution in [-0.4, -0.2) is 24.5 Å². The van der Waals surface area contributed by atoms with Gasteiger partial charge in [-0.15, -0.1) is 11.3 Å². The van der Waals surface area contributed by atoms with E-state index in [1.54, 1.807) is 19.2 Å². The van der Waals surface area contributed by atoms with E-state index in [0.717, 1.165) is 28.2 Å². The number of rotatable bonds is 4. The van der Waals surface area contributed by atoms with Crippen LogP contribution in [0.3, 0.4) is 0 Å². The summed E-state index contributed by atoms with van der Waals surface area (Å²) in [6, 6.07) is 7.52. The molecule has 0 aliphatic carbocycles. The first-order valence-electron chi connectivity index (χ1n) is 8.03. The Morgan fingerprint density at radius 3 is 2.88 bits per heavy atom. The smallest absolute Gasteiger partial charge is 0.268 e. The van der Waals surface area contributed by atoms with Crippen molar-refractivity contribution in [2.45, 2.75) is 6.42 Å². The topological polar surface area (TPSA) is 55.6 Å². The quantitative estimate of drug-likeness (QED) is 0.605. The van der Waals surface area contributed by atoms with Crippen LogP contribution in [0.5, 0.6) is 5.75 Å². The Morgan fingerprint density at radius 1 is 1.42 bits per heavy atom. The Morgan fingerprint density at radius 2 is 2.19 bits per heavy atom. The molecule has 1 amide bonds. The average Bonchev–Trinajstić information content (AvgIpc) is 2.95. The number of halogens is 1. The maximum absolute atomic E-state index is 12.9. The van der Waals surface area contributed by atoms with E-state index in [1.807, 2.05) is 24.3 Å². The number of likely N-dealkylation sites (N-methyl/N-ethyl adjacent to an activating group) is 1. The standard InChI is InChI=1S/C20H19ClN2O2S/c1-4-5-16(12(2)21)23(3)20(24)18-10-13-8-9-25-17-11-14(22)6-7-15(17)19(13)26-18/h4-7,10-11H,1-2,8-9,22H2,3H3/b16-5+. The number of ether oxygens (including phenoxy) is 1. The summed E-state index contributed by atoms with van der Waals surface area (Å²) in [6.07, 6.45) is 3.97. The Balaban J connectivity index is 2.00. The molecule has 0 fully saturated rings. The largest absolute Gasteiger partial charge is 0.492 e. The summed E-state index contributed by atoms with van der Waals surface area (Å²) in [5, 5.41) is 0.285. The highest BCUT2D eigenvalue weighted by Crippen LogP contribution is 2.42. The summed E-state index contributed by atoms with van der Waals surface area (Å²) in [5.74, 6) is 0.607. The van der Waals surface area contributed by atoms with E-state index in [0.29, 0.717) is 22.9 Å². The average molecular weight is 387 g/mol. The second kappa shape index (κ2) is 7.40. The lowest BCUT2D eigenvalue weighted by atomic mass is 10.1. The number of nitrogen functional groups attached to an aromatic ring is 1. The van der Waals surface area contributed by atoms with Gasteiger partial charge in [-0.2, -0.15) is 0 Å². The second-order valence-corrected chi connectivity index (χ2v) is 7.38. The van der Waals surface area contributed by atoms with E-state index < -0.39 is 0 Å². The summed E-state index contributed by atoms with van der Waals surface area (Å²) < 4.78 is 5.80. The molecule has 1 aromatic carbocycles. The fraction of sp³-hybridized carbons (Fsp3) is 0.150. The lowest BCUT2D eigenvalue weighted by Crippen LogP contribution is -2.25. The number of thiophene rings is 1. The highest BCUT2D eigenvalue weighted by atomic mass is 35.5. The first-order chi connectivity index (χ1) is 12.4. The number of amides is 1. The van der Waals surface area contributed by atoms with E-state index in [2.05, 4.69) is 13.2 Å². The third-order valence-corrected chi connectivity index (χ3v) is 5.51. The summed E-state index contributed by atoms with van der Waals surface area (Å²) >= 11 is 7.47. The molecule has 0 saturated heterocycles. The molecule has 3 rings (SSSR count). The summed E-state index contributed by atoms with van der Waals surface area (Å²) in [5.41, 5.74) is 9.09. The first kappa shape index (κ1) is 18.3. The van der Waals surface area contributed by atoms with Crippen LogP contribution < -0.4 is 10.5 Å². The van der Waals surface area contributed by atoms with Crippen molar-refractivity contribution in [1.82, 2.24) is 4.90 Å². The van der Waals surface area contributed by atoms with Gasteiger partial charge in [0.05, 0.1) is 22.2 Å². The number of hydrogen-bond acceptors (Lipinski definition) is 4. The third-order valence-electron chi connectivity index (χ3n) is 4.12. The van der Waals surface area contributed by atoms with Gasteiger partial charge in [0.15, 0.2) is 0 Å². The van der Waals surface area contributed by atoms with Gasteiger partial charge in [0.2, 0.25) is 0 Å². The highest BCUT2D eigenvalue weighted by molar-refractivity contribution is 7.17. The molecule has 0 spiro atoms. The summed E-state index contributed by atoms with van der Waals surface area (Å²) in [6.45, 7) is 7.92. The molecule has 26 heavy (non-hydrogen) atoms. The van der Waals surface area contributed by atoms with Crippen LogP contribution in [-0.2, 0) is 6.42 Å². The van der Waals surface area contributed by atoms with Gasteiger partial charge >= 0.3 is 0 Å². The van der Waals surface area contributed by atoms with Gasteiger partial charge < -0.3 is 15.4 Å². The zero-order valence-corrected chi connectivity index (χ0v) is 16.0. The predicted molar refractivity (Wildman–Crippen MR) is 109 cm³/mol. The van der Waals surface area contributed by atoms with Crippen LogP contribution in [0.2, 0.25) is 0 Å². The Kier molecular flexibility index (Phi) is 5.20. The molecule has 1 aliphatic heterocycles. The molecule has 2 heterocycles. The Bertz CT molecular complexity index is 930. The molecule has 1 aromatic heterocycles. The SMILES string of the molecule is C=C/C=C(\C(=C)Cl)N(C)C(=O)c1cc2c(s1)-c1ccc(N)cc1OCC2. The lowest BCUT2D eigenvalue weighted by molar-refractivity contribution is 0.0844. The number of nitrogens with zero attached hydrogens (tertiary/aromatic N) is 1. The molecule has 2 N–H and O–H groups in total. The molecule has 0 bridgehead atoms. The number of fused-ring (bicyclic) bond motifs is 3. The lowest BCUT2D eigenvalue weighted by Gasteiger charge is -2.19. The summed E-state index contributed by atoms with van der Waals surface area (Å²) in [7, 11) is 1.67. The molecule has 0 radical (unpaired) electrons. The van der Waals surface area contributed by atoms with Gasteiger partial charge in [-0.3, -0.25) is 4.79 Å².